The molecule has 7 nitrogen and oxygen atoms in total. The van der Waals surface area contributed by atoms with E-state index in [1.54, 1.807) is 18.2 Å². The van der Waals surface area contributed by atoms with Gasteiger partial charge in [0.25, 0.3) is 11.6 Å². The third-order valence-electron chi connectivity index (χ3n) is 3.15. The summed E-state index contributed by atoms with van der Waals surface area (Å²) in [5, 5.41) is 15.3. The summed E-state index contributed by atoms with van der Waals surface area (Å²) < 4.78 is 10.6. The summed E-state index contributed by atoms with van der Waals surface area (Å²) in [7, 11) is 0. The minimum atomic E-state index is -0.483. The average molecular weight is 346 g/mol. The number of rotatable bonds is 6. The fourth-order valence-corrected chi connectivity index (χ4v) is 2.29. The zero-order chi connectivity index (χ0) is 16.9. The van der Waals surface area contributed by atoms with Gasteiger partial charge in [0.05, 0.1) is 11.0 Å². The van der Waals surface area contributed by atoms with E-state index in [2.05, 4.69) is 10.1 Å². The van der Waals surface area contributed by atoms with Gasteiger partial charge in [-0.3, -0.25) is 10.1 Å². The molecule has 0 aliphatic heterocycles. The van der Waals surface area contributed by atoms with Gasteiger partial charge in [-0.2, -0.15) is 4.98 Å². The lowest BCUT2D eigenvalue weighted by molar-refractivity contribution is -0.384. The van der Waals surface area contributed by atoms with Crippen LogP contribution < -0.4 is 4.74 Å². The van der Waals surface area contributed by atoms with Crippen LogP contribution >= 0.6 is 11.6 Å². The van der Waals surface area contributed by atoms with E-state index in [0.29, 0.717) is 28.9 Å². The third kappa shape index (κ3) is 4.08. The summed E-state index contributed by atoms with van der Waals surface area (Å²) >= 11 is 5.94. The number of nitrogens with zero attached hydrogens (tertiary/aromatic N) is 3. The number of ether oxygens (including phenoxy) is 1. The van der Waals surface area contributed by atoms with E-state index in [-0.39, 0.29) is 12.3 Å². The second-order valence-electron chi connectivity index (χ2n) is 4.95. The van der Waals surface area contributed by atoms with Gasteiger partial charge in [0, 0.05) is 17.5 Å². The van der Waals surface area contributed by atoms with Crippen LogP contribution in [0.1, 0.15) is 17.3 Å². The molecule has 0 radical (unpaired) electrons. The maximum absolute atomic E-state index is 10.7. The number of nitro benzene ring substituents is 1. The zero-order valence-corrected chi connectivity index (χ0v) is 13.1. The minimum absolute atomic E-state index is 0.0315. The first-order chi connectivity index (χ1) is 11.6. The van der Waals surface area contributed by atoms with Crippen molar-refractivity contribution >= 4 is 17.3 Å². The van der Waals surface area contributed by atoms with Crippen molar-refractivity contribution in [1.29, 1.82) is 0 Å². The topological polar surface area (TPSA) is 91.3 Å². The highest BCUT2D eigenvalue weighted by Gasteiger charge is 2.10. The van der Waals surface area contributed by atoms with E-state index in [1.807, 2.05) is 18.2 Å². The largest absolute Gasteiger partial charge is 0.484 e. The third-order valence-corrected chi connectivity index (χ3v) is 3.39. The maximum Gasteiger partial charge on any atom is 0.273 e. The number of hydrogen-bond acceptors (Lipinski definition) is 6. The van der Waals surface area contributed by atoms with Crippen molar-refractivity contribution in [2.75, 3.05) is 0 Å². The zero-order valence-electron chi connectivity index (χ0n) is 12.4. The number of non-ortho nitro benzene ring substituents is 1. The lowest BCUT2D eigenvalue weighted by Gasteiger charge is -2.02. The molecule has 3 rings (SSSR count). The molecular weight excluding hydrogens is 334 g/mol. The van der Waals surface area contributed by atoms with E-state index in [4.69, 9.17) is 20.9 Å². The van der Waals surface area contributed by atoms with Gasteiger partial charge in [-0.15, -0.1) is 0 Å². The summed E-state index contributed by atoms with van der Waals surface area (Å²) in [5.41, 5.74) is 0.925. The summed E-state index contributed by atoms with van der Waals surface area (Å²) in [6, 6.07) is 13.3. The molecule has 0 fully saturated rings. The highest BCUT2D eigenvalue weighted by Crippen LogP contribution is 2.20. The molecule has 3 aromatic rings. The molecule has 24 heavy (non-hydrogen) atoms. The Bertz CT molecular complexity index is 866. The van der Waals surface area contributed by atoms with Gasteiger partial charge in [-0.25, -0.2) is 0 Å². The summed E-state index contributed by atoms with van der Waals surface area (Å²) in [6.07, 6.45) is 0.487. The van der Waals surface area contributed by atoms with Gasteiger partial charge in [0.1, 0.15) is 5.75 Å². The standard InChI is InChI=1S/C16H12ClN3O4/c17-12-4-1-3-11(7-12)8-15-18-16(24-19-15)10-23-14-6-2-5-13(9-14)20(21)22/h1-7,9H,8,10H2. The lowest BCUT2D eigenvalue weighted by atomic mass is 10.1. The Balaban J connectivity index is 1.62. The van der Waals surface area contributed by atoms with Crippen LogP contribution in [0.25, 0.3) is 0 Å². The van der Waals surface area contributed by atoms with Crippen LogP contribution in [0.5, 0.6) is 5.75 Å². The molecule has 0 bridgehead atoms. The normalized spacial score (nSPS) is 10.5. The minimum Gasteiger partial charge on any atom is -0.484 e. The quantitative estimate of drug-likeness (QED) is 0.498. The number of hydrogen-bond donors (Lipinski definition) is 0. The van der Waals surface area contributed by atoms with Gasteiger partial charge in [0.15, 0.2) is 12.4 Å². The van der Waals surface area contributed by atoms with Crippen molar-refractivity contribution in [3.8, 4) is 5.75 Å². The van der Waals surface area contributed by atoms with Crippen molar-refractivity contribution in [3.63, 3.8) is 0 Å². The van der Waals surface area contributed by atoms with Gasteiger partial charge < -0.3 is 9.26 Å². The summed E-state index contributed by atoms with van der Waals surface area (Å²) in [5.74, 6) is 1.16. The molecule has 122 valence electrons. The van der Waals surface area contributed by atoms with Crippen LogP contribution in [0, 0.1) is 10.1 Å². The van der Waals surface area contributed by atoms with Crippen molar-refractivity contribution in [2.24, 2.45) is 0 Å². The van der Waals surface area contributed by atoms with Crippen LogP contribution in [0.4, 0.5) is 5.69 Å². The predicted molar refractivity (Wildman–Crippen MR) is 86.0 cm³/mol. The molecule has 8 heteroatoms. The molecule has 1 heterocycles. The second kappa shape index (κ2) is 7.10. The van der Waals surface area contributed by atoms with Gasteiger partial charge in [0.2, 0.25) is 0 Å². The Morgan fingerprint density at radius 3 is 2.83 bits per heavy atom. The molecule has 0 unspecified atom stereocenters. The van der Waals surface area contributed by atoms with Crippen LogP contribution in [-0.4, -0.2) is 15.1 Å². The summed E-state index contributed by atoms with van der Waals surface area (Å²) in [4.78, 5) is 14.5. The van der Waals surface area contributed by atoms with E-state index in [0.717, 1.165) is 5.56 Å². The molecule has 0 saturated carbocycles. The van der Waals surface area contributed by atoms with E-state index >= 15 is 0 Å². The predicted octanol–water partition coefficient (Wildman–Crippen LogP) is 3.80. The first-order valence-corrected chi connectivity index (χ1v) is 7.41. The fourth-order valence-electron chi connectivity index (χ4n) is 2.08. The SMILES string of the molecule is O=[N+]([O-])c1cccc(OCc2nc(Cc3cccc(Cl)c3)no2)c1. The van der Waals surface area contributed by atoms with Gasteiger partial charge in [-0.1, -0.05) is 35.0 Å². The molecule has 2 aromatic carbocycles. The van der Waals surface area contributed by atoms with Crippen LogP contribution in [-0.2, 0) is 13.0 Å². The summed E-state index contributed by atoms with van der Waals surface area (Å²) in [6.45, 7) is 0.0315. The Morgan fingerprint density at radius 2 is 2.04 bits per heavy atom. The van der Waals surface area contributed by atoms with Gasteiger partial charge >= 0.3 is 0 Å². The van der Waals surface area contributed by atoms with E-state index < -0.39 is 4.92 Å². The lowest BCUT2D eigenvalue weighted by Crippen LogP contribution is -1.97. The Kier molecular flexibility index (Phi) is 4.72. The molecule has 0 aliphatic rings. The molecule has 0 saturated heterocycles. The second-order valence-corrected chi connectivity index (χ2v) is 5.39. The van der Waals surface area contributed by atoms with Gasteiger partial charge in [-0.05, 0) is 23.8 Å². The van der Waals surface area contributed by atoms with Crippen LogP contribution in [0.3, 0.4) is 0 Å². The van der Waals surface area contributed by atoms with Crippen molar-refractivity contribution < 1.29 is 14.2 Å². The average Bonchev–Trinajstić information content (AvgIpc) is 3.01. The molecule has 0 spiro atoms. The molecule has 0 atom stereocenters. The smallest absolute Gasteiger partial charge is 0.273 e. The highest BCUT2D eigenvalue weighted by molar-refractivity contribution is 6.30. The molecule has 0 N–H and O–H groups in total. The number of aromatic nitrogens is 2. The number of nitro groups is 1. The van der Waals surface area contributed by atoms with E-state index in [1.165, 1.54) is 12.1 Å². The fraction of sp³-hybridized carbons (Fsp3) is 0.125. The van der Waals surface area contributed by atoms with Crippen molar-refractivity contribution in [3.05, 3.63) is 80.9 Å². The molecule has 1 aromatic heterocycles. The molecule has 0 amide bonds. The Morgan fingerprint density at radius 1 is 1.21 bits per heavy atom. The monoisotopic (exact) mass is 345 g/mol. The Hall–Kier alpha value is -2.93. The van der Waals surface area contributed by atoms with Crippen LogP contribution in [0.2, 0.25) is 5.02 Å². The van der Waals surface area contributed by atoms with Crippen LogP contribution in [0.15, 0.2) is 53.1 Å². The van der Waals surface area contributed by atoms with E-state index in [9.17, 15) is 10.1 Å². The highest BCUT2D eigenvalue weighted by atomic mass is 35.5. The van der Waals surface area contributed by atoms with Crippen molar-refractivity contribution in [1.82, 2.24) is 10.1 Å². The molecular formula is C16H12ClN3O4. The Labute approximate surface area is 142 Å². The molecule has 0 aliphatic carbocycles. The first-order valence-electron chi connectivity index (χ1n) is 7.03. The maximum atomic E-state index is 10.7. The number of halogens is 1. The first kappa shape index (κ1) is 15.9. The van der Waals surface area contributed by atoms with Crippen molar-refractivity contribution in [2.45, 2.75) is 13.0 Å². The number of benzene rings is 2.